The quantitative estimate of drug-likeness (QED) is 0.884. The average molecular weight is 262 g/mol. The Kier molecular flexibility index (Phi) is 4.43. The molecule has 1 aliphatic heterocycles. The summed E-state index contributed by atoms with van der Waals surface area (Å²) in [6.07, 6.45) is 1.53. The minimum Gasteiger partial charge on any atom is -0.396 e. The maximum Gasteiger partial charge on any atom is 0.324 e. The smallest absolute Gasteiger partial charge is 0.324 e. The number of carbonyl (C=O) groups is 1. The fourth-order valence-corrected chi connectivity index (χ4v) is 2.51. The molecule has 4 nitrogen and oxygen atoms in total. The summed E-state index contributed by atoms with van der Waals surface area (Å²) in [6.45, 7) is 5.79. The molecule has 0 saturated carbocycles. The second-order valence-electron chi connectivity index (χ2n) is 5.18. The van der Waals surface area contributed by atoms with Gasteiger partial charge in [-0.2, -0.15) is 0 Å². The summed E-state index contributed by atoms with van der Waals surface area (Å²) in [7, 11) is 0. The van der Waals surface area contributed by atoms with E-state index in [2.05, 4.69) is 0 Å². The van der Waals surface area contributed by atoms with E-state index in [9.17, 15) is 4.79 Å². The monoisotopic (exact) mass is 262 g/mol. The van der Waals surface area contributed by atoms with Crippen LogP contribution < -0.4 is 4.90 Å². The van der Waals surface area contributed by atoms with Crippen LogP contribution in [-0.4, -0.2) is 41.8 Å². The normalized spacial score (nSPS) is 15.7. The van der Waals surface area contributed by atoms with Gasteiger partial charge in [0.1, 0.15) is 0 Å². The van der Waals surface area contributed by atoms with Gasteiger partial charge in [-0.15, -0.1) is 0 Å². The molecule has 1 aromatic rings. The molecule has 0 aromatic heterocycles. The van der Waals surface area contributed by atoms with E-state index < -0.39 is 0 Å². The SMILES string of the molecule is CC(C)N1CCN(c2ccccc2CCCO)C1=O. The highest BCUT2D eigenvalue weighted by Gasteiger charge is 2.31. The van der Waals surface area contributed by atoms with Crippen molar-refractivity contribution in [3.05, 3.63) is 29.8 Å². The van der Waals surface area contributed by atoms with Gasteiger partial charge in [0.15, 0.2) is 0 Å². The summed E-state index contributed by atoms with van der Waals surface area (Å²) in [5.74, 6) is 0. The second-order valence-corrected chi connectivity index (χ2v) is 5.18. The number of carbonyl (C=O) groups excluding carboxylic acids is 1. The van der Waals surface area contributed by atoms with Crippen LogP contribution in [0, 0.1) is 0 Å². The third kappa shape index (κ3) is 2.89. The minimum atomic E-state index is 0.0893. The summed E-state index contributed by atoms with van der Waals surface area (Å²) in [5, 5.41) is 8.96. The number of benzene rings is 1. The van der Waals surface area contributed by atoms with Gasteiger partial charge < -0.3 is 10.0 Å². The number of rotatable bonds is 5. The zero-order chi connectivity index (χ0) is 13.8. The van der Waals surface area contributed by atoms with E-state index in [0.717, 1.165) is 37.2 Å². The molecule has 1 saturated heterocycles. The lowest BCUT2D eigenvalue weighted by molar-refractivity contribution is 0.209. The van der Waals surface area contributed by atoms with Crippen LogP contribution in [0.1, 0.15) is 25.8 Å². The molecule has 1 N–H and O–H groups in total. The van der Waals surface area contributed by atoms with Crippen molar-refractivity contribution < 1.29 is 9.90 Å². The Bertz CT molecular complexity index is 446. The van der Waals surface area contributed by atoms with Crippen molar-refractivity contribution in [3.63, 3.8) is 0 Å². The van der Waals surface area contributed by atoms with Gasteiger partial charge in [0.05, 0.1) is 0 Å². The second kappa shape index (κ2) is 6.06. The Morgan fingerprint density at radius 3 is 2.63 bits per heavy atom. The molecule has 19 heavy (non-hydrogen) atoms. The Balaban J connectivity index is 2.20. The first-order valence-electron chi connectivity index (χ1n) is 6.92. The zero-order valence-electron chi connectivity index (χ0n) is 11.7. The van der Waals surface area contributed by atoms with Gasteiger partial charge in [-0.1, -0.05) is 18.2 Å². The summed E-state index contributed by atoms with van der Waals surface area (Å²) in [5.41, 5.74) is 2.12. The Labute approximate surface area is 114 Å². The van der Waals surface area contributed by atoms with E-state index in [4.69, 9.17) is 5.11 Å². The molecule has 104 valence electrons. The van der Waals surface area contributed by atoms with Gasteiger partial charge in [0.25, 0.3) is 0 Å². The average Bonchev–Trinajstić information content (AvgIpc) is 2.78. The van der Waals surface area contributed by atoms with Gasteiger partial charge in [0, 0.05) is 31.4 Å². The fraction of sp³-hybridized carbons (Fsp3) is 0.533. The van der Waals surface area contributed by atoms with E-state index in [-0.39, 0.29) is 18.7 Å². The molecule has 0 unspecified atom stereocenters. The number of aliphatic hydroxyl groups is 1. The predicted molar refractivity (Wildman–Crippen MR) is 76.4 cm³/mol. The van der Waals surface area contributed by atoms with E-state index in [1.165, 1.54) is 0 Å². The molecule has 2 rings (SSSR count). The first-order chi connectivity index (χ1) is 9.15. The van der Waals surface area contributed by atoms with Gasteiger partial charge >= 0.3 is 6.03 Å². The molecule has 0 spiro atoms. The molecule has 1 heterocycles. The first kappa shape index (κ1) is 13.9. The third-order valence-corrected chi connectivity index (χ3v) is 3.55. The molecule has 0 radical (unpaired) electrons. The number of aliphatic hydroxyl groups excluding tert-OH is 1. The van der Waals surface area contributed by atoms with Crippen molar-refractivity contribution in [2.24, 2.45) is 0 Å². The summed E-state index contributed by atoms with van der Waals surface area (Å²) >= 11 is 0. The van der Waals surface area contributed by atoms with E-state index >= 15 is 0 Å². The summed E-state index contributed by atoms with van der Waals surface area (Å²) in [4.78, 5) is 16.1. The number of amides is 2. The molecule has 1 fully saturated rings. The van der Waals surface area contributed by atoms with Crippen LogP contribution in [0.2, 0.25) is 0 Å². The Morgan fingerprint density at radius 1 is 1.26 bits per heavy atom. The van der Waals surface area contributed by atoms with Crippen molar-refractivity contribution >= 4 is 11.7 Å². The maximum absolute atomic E-state index is 12.4. The lowest BCUT2D eigenvalue weighted by atomic mass is 10.1. The van der Waals surface area contributed by atoms with Crippen LogP contribution >= 0.6 is 0 Å². The number of hydrogen-bond acceptors (Lipinski definition) is 2. The third-order valence-electron chi connectivity index (χ3n) is 3.55. The van der Waals surface area contributed by atoms with Gasteiger partial charge in [-0.3, -0.25) is 4.90 Å². The molecular weight excluding hydrogens is 240 g/mol. The van der Waals surface area contributed by atoms with Crippen molar-refractivity contribution in [2.45, 2.75) is 32.7 Å². The van der Waals surface area contributed by atoms with Gasteiger partial charge in [-0.25, -0.2) is 4.79 Å². The fourth-order valence-electron chi connectivity index (χ4n) is 2.51. The van der Waals surface area contributed by atoms with E-state index in [1.807, 2.05) is 47.9 Å². The number of hydrogen-bond donors (Lipinski definition) is 1. The lowest BCUT2D eigenvalue weighted by Gasteiger charge is -2.23. The number of nitrogens with zero attached hydrogens (tertiary/aromatic N) is 2. The number of urea groups is 1. The van der Waals surface area contributed by atoms with Crippen LogP contribution in [0.3, 0.4) is 0 Å². The van der Waals surface area contributed by atoms with Crippen LogP contribution in [-0.2, 0) is 6.42 Å². The highest BCUT2D eigenvalue weighted by atomic mass is 16.3. The summed E-state index contributed by atoms with van der Waals surface area (Å²) < 4.78 is 0. The number of para-hydroxylation sites is 1. The van der Waals surface area contributed by atoms with Crippen LogP contribution in [0.25, 0.3) is 0 Å². The molecular formula is C15H22N2O2. The molecule has 0 aliphatic carbocycles. The highest BCUT2D eigenvalue weighted by molar-refractivity contribution is 5.95. The standard InChI is InChI=1S/C15H22N2O2/c1-12(2)16-9-10-17(15(16)19)14-8-4-3-6-13(14)7-5-11-18/h3-4,6,8,12,18H,5,7,9-11H2,1-2H3. The molecule has 0 bridgehead atoms. The Hall–Kier alpha value is -1.55. The van der Waals surface area contributed by atoms with Crippen LogP contribution in [0.5, 0.6) is 0 Å². The van der Waals surface area contributed by atoms with E-state index in [0.29, 0.717) is 0 Å². The lowest BCUT2D eigenvalue weighted by Crippen LogP contribution is -2.36. The van der Waals surface area contributed by atoms with Crippen molar-refractivity contribution in [2.75, 3.05) is 24.6 Å². The largest absolute Gasteiger partial charge is 0.396 e. The number of anilines is 1. The zero-order valence-corrected chi connectivity index (χ0v) is 11.7. The van der Waals surface area contributed by atoms with E-state index in [1.54, 1.807) is 0 Å². The van der Waals surface area contributed by atoms with Crippen molar-refractivity contribution in [3.8, 4) is 0 Å². The molecule has 0 atom stereocenters. The highest BCUT2D eigenvalue weighted by Crippen LogP contribution is 2.26. The molecule has 1 aromatic carbocycles. The summed E-state index contributed by atoms with van der Waals surface area (Å²) in [6, 6.07) is 8.30. The van der Waals surface area contributed by atoms with Gasteiger partial charge in [0.2, 0.25) is 0 Å². The van der Waals surface area contributed by atoms with Crippen molar-refractivity contribution in [1.29, 1.82) is 0 Å². The maximum atomic E-state index is 12.4. The van der Waals surface area contributed by atoms with Crippen molar-refractivity contribution in [1.82, 2.24) is 4.90 Å². The Morgan fingerprint density at radius 2 is 2.00 bits per heavy atom. The minimum absolute atomic E-state index is 0.0893. The molecule has 1 aliphatic rings. The van der Waals surface area contributed by atoms with Crippen LogP contribution in [0.15, 0.2) is 24.3 Å². The molecule has 2 amide bonds. The predicted octanol–water partition coefficient (Wildman–Crippen LogP) is 2.26. The topological polar surface area (TPSA) is 43.8 Å². The molecule has 4 heteroatoms. The number of aryl methyl sites for hydroxylation is 1. The first-order valence-corrected chi connectivity index (χ1v) is 6.92. The van der Waals surface area contributed by atoms with Gasteiger partial charge in [-0.05, 0) is 38.3 Å². The van der Waals surface area contributed by atoms with Crippen LogP contribution in [0.4, 0.5) is 10.5 Å².